The third-order valence-electron chi connectivity index (χ3n) is 2.81. The lowest BCUT2D eigenvalue weighted by Gasteiger charge is -2.09. The van der Waals surface area contributed by atoms with Crippen LogP contribution >= 0.6 is 0 Å². The molecule has 0 saturated carbocycles. The molecule has 0 bridgehead atoms. The highest BCUT2D eigenvalue weighted by Gasteiger charge is 2.16. The Hall–Kier alpha value is -3.09. The van der Waals surface area contributed by atoms with E-state index in [4.69, 9.17) is 10.5 Å². The number of carbonyl (C=O) groups excluding carboxylic acids is 1. The van der Waals surface area contributed by atoms with Gasteiger partial charge in [-0.2, -0.15) is 0 Å². The smallest absolute Gasteiger partial charge is 0.270 e. The molecule has 0 aliphatic heterocycles. The molecule has 0 saturated heterocycles. The number of nitro groups is 1. The van der Waals surface area contributed by atoms with Gasteiger partial charge >= 0.3 is 0 Å². The molecule has 108 valence electrons. The average Bonchev–Trinajstić information content (AvgIpc) is 2.48. The molecule has 1 amide bonds. The van der Waals surface area contributed by atoms with E-state index in [0.29, 0.717) is 5.75 Å². The monoisotopic (exact) mass is 287 g/mol. The topological polar surface area (TPSA) is 107 Å². The number of primary amides is 1. The van der Waals surface area contributed by atoms with Gasteiger partial charge in [0, 0.05) is 24.9 Å². The maximum atomic E-state index is 11.4. The summed E-state index contributed by atoms with van der Waals surface area (Å²) < 4.78 is 5.55. The van der Waals surface area contributed by atoms with E-state index in [0.717, 1.165) is 11.8 Å². The summed E-state index contributed by atoms with van der Waals surface area (Å²) in [5, 5.41) is 13.7. The zero-order valence-corrected chi connectivity index (χ0v) is 11.2. The van der Waals surface area contributed by atoms with Gasteiger partial charge in [0.15, 0.2) is 0 Å². The van der Waals surface area contributed by atoms with Crippen molar-refractivity contribution in [1.82, 2.24) is 0 Å². The number of amides is 1. The van der Waals surface area contributed by atoms with Crippen LogP contribution in [0.1, 0.15) is 10.4 Å². The first-order valence-electron chi connectivity index (χ1n) is 6.05. The van der Waals surface area contributed by atoms with Gasteiger partial charge < -0.3 is 15.8 Å². The molecule has 0 atom stereocenters. The van der Waals surface area contributed by atoms with Gasteiger partial charge in [0.25, 0.3) is 11.6 Å². The zero-order valence-electron chi connectivity index (χ0n) is 11.2. The molecular formula is C14H13N3O4. The molecule has 7 nitrogen and oxygen atoms in total. The van der Waals surface area contributed by atoms with Crippen molar-refractivity contribution < 1.29 is 14.5 Å². The predicted molar refractivity (Wildman–Crippen MR) is 77.7 cm³/mol. The van der Waals surface area contributed by atoms with E-state index in [1.54, 1.807) is 31.3 Å². The Morgan fingerprint density at radius 3 is 2.43 bits per heavy atom. The maximum Gasteiger partial charge on any atom is 0.270 e. The van der Waals surface area contributed by atoms with Crippen LogP contribution in [0.3, 0.4) is 0 Å². The number of rotatable bonds is 5. The summed E-state index contributed by atoms with van der Waals surface area (Å²) in [4.78, 5) is 21.5. The molecule has 2 aromatic rings. The summed E-state index contributed by atoms with van der Waals surface area (Å²) in [6.45, 7) is 0. The third-order valence-corrected chi connectivity index (χ3v) is 2.81. The number of ether oxygens (including phenoxy) is 1. The molecule has 0 aromatic heterocycles. The van der Waals surface area contributed by atoms with Gasteiger partial charge in [-0.25, -0.2) is 0 Å². The highest BCUT2D eigenvalue weighted by molar-refractivity contribution is 5.96. The highest BCUT2D eigenvalue weighted by Crippen LogP contribution is 2.29. The minimum absolute atomic E-state index is 0.0399. The van der Waals surface area contributed by atoms with Crippen LogP contribution in [0, 0.1) is 10.1 Å². The molecule has 0 radical (unpaired) electrons. The Bertz CT molecular complexity index is 683. The molecule has 3 N–H and O–H groups in total. The Kier molecular flexibility index (Phi) is 4.03. The molecular weight excluding hydrogens is 274 g/mol. The van der Waals surface area contributed by atoms with Gasteiger partial charge in [0.05, 0.1) is 10.5 Å². The fourth-order valence-electron chi connectivity index (χ4n) is 1.73. The standard InChI is InChI=1S/C14H13N3O4/c1-16-9-2-5-11(6-3-9)21-13-7-4-10(17(19)20)8-12(13)14(15)18/h2-8,16H,1H3,(H2,15,18). The Morgan fingerprint density at radius 1 is 1.24 bits per heavy atom. The van der Waals surface area contributed by atoms with Crippen molar-refractivity contribution in [1.29, 1.82) is 0 Å². The van der Waals surface area contributed by atoms with E-state index in [9.17, 15) is 14.9 Å². The summed E-state index contributed by atoms with van der Waals surface area (Å²) in [6, 6.07) is 10.7. The minimum atomic E-state index is -0.791. The Labute approximate surface area is 120 Å². The van der Waals surface area contributed by atoms with Crippen molar-refractivity contribution in [2.24, 2.45) is 5.73 Å². The largest absolute Gasteiger partial charge is 0.457 e. The van der Waals surface area contributed by atoms with Crippen molar-refractivity contribution in [3.8, 4) is 11.5 Å². The van der Waals surface area contributed by atoms with Gasteiger partial charge in [-0.15, -0.1) is 0 Å². The van der Waals surface area contributed by atoms with Crippen molar-refractivity contribution >= 4 is 17.3 Å². The molecule has 0 unspecified atom stereocenters. The molecule has 2 rings (SSSR count). The van der Waals surface area contributed by atoms with Crippen molar-refractivity contribution in [2.75, 3.05) is 12.4 Å². The molecule has 0 fully saturated rings. The van der Waals surface area contributed by atoms with E-state index in [1.807, 2.05) is 0 Å². The first-order chi connectivity index (χ1) is 10.0. The number of anilines is 1. The normalized spacial score (nSPS) is 9.95. The third kappa shape index (κ3) is 3.27. The number of carbonyl (C=O) groups is 1. The molecule has 0 aliphatic carbocycles. The number of nitro benzene ring substituents is 1. The second-order valence-corrected chi connectivity index (χ2v) is 4.18. The zero-order chi connectivity index (χ0) is 15.4. The van der Waals surface area contributed by atoms with Gasteiger partial charge in [0.2, 0.25) is 0 Å². The fourth-order valence-corrected chi connectivity index (χ4v) is 1.73. The summed E-state index contributed by atoms with van der Waals surface area (Å²) in [6.07, 6.45) is 0. The van der Waals surface area contributed by atoms with Crippen LogP contribution in [0.5, 0.6) is 11.5 Å². The van der Waals surface area contributed by atoms with Crippen LogP contribution in [-0.4, -0.2) is 17.9 Å². The SMILES string of the molecule is CNc1ccc(Oc2ccc([N+](=O)[O-])cc2C(N)=O)cc1. The first kappa shape index (κ1) is 14.3. The number of nitrogens with zero attached hydrogens (tertiary/aromatic N) is 1. The summed E-state index contributed by atoms with van der Waals surface area (Å²) in [5.41, 5.74) is 5.87. The number of non-ortho nitro benzene ring substituents is 1. The lowest BCUT2D eigenvalue weighted by molar-refractivity contribution is -0.384. The van der Waals surface area contributed by atoms with Gasteiger partial charge in [-0.1, -0.05) is 0 Å². The molecule has 2 aromatic carbocycles. The van der Waals surface area contributed by atoms with E-state index in [2.05, 4.69) is 5.32 Å². The molecule has 0 aliphatic rings. The van der Waals surface area contributed by atoms with E-state index < -0.39 is 10.8 Å². The second kappa shape index (κ2) is 5.91. The molecule has 0 heterocycles. The maximum absolute atomic E-state index is 11.4. The van der Waals surface area contributed by atoms with Crippen LogP contribution in [0.4, 0.5) is 11.4 Å². The first-order valence-corrected chi connectivity index (χ1v) is 6.05. The Balaban J connectivity index is 2.34. The number of benzene rings is 2. The fraction of sp³-hybridized carbons (Fsp3) is 0.0714. The average molecular weight is 287 g/mol. The van der Waals surface area contributed by atoms with Crippen LogP contribution in [0.25, 0.3) is 0 Å². The summed E-state index contributed by atoms with van der Waals surface area (Å²) in [5.74, 6) is -0.129. The lowest BCUT2D eigenvalue weighted by Crippen LogP contribution is -2.12. The number of hydrogen-bond donors (Lipinski definition) is 2. The van der Waals surface area contributed by atoms with Crippen LogP contribution in [0.15, 0.2) is 42.5 Å². The van der Waals surface area contributed by atoms with Crippen molar-refractivity contribution in [3.63, 3.8) is 0 Å². The van der Waals surface area contributed by atoms with E-state index >= 15 is 0 Å². The van der Waals surface area contributed by atoms with Gasteiger partial charge in [-0.3, -0.25) is 14.9 Å². The van der Waals surface area contributed by atoms with E-state index in [1.165, 1.54) is 12.1 Å². The van der Waals surface area contributed by atoms with Crippen LogP contribution in [0.2, 0.25) is 0 Å². The highest BCUT2D eigenvalue weighted by atomic mass is 16.6. The lowest BCUT2D eigenvalue weighted by atomic mass is 10.1. The molecule has 0 spiro atoms. The minimum Gasteiger partial charge on any atom is -0.457 e. The molecule has 21 heavy (non-hydrogen) atoms. The van der Waals surface area contributed by atoms with Crippen LogP contribution < -0.4 is 15.8 Å². The second-order valence-electron chi connectivity index (χ2n) is 4.18. The Morgan fingerprint density at radius 2 is 1.90 bits per heavy atom. The van der Waals surface area contributed by atoms with Crippen molar-refractivity contribution in [3.05, 3.63) is 58.1 Å². The van der Waals surface area contributed by atoms with Gasteiger partial charge in [0.1, 0.15) is 11.5 Å². The number of nitrogens with two attached hydrogens (primary N) is 1. The molecule has 7 heteroatoms. The quantitative estimate of drug-likeness (QED) is 0.649. The van der Waals surface area contributed by atoms with E-state index in [-0.39, 0.29) is 17.0 Å². The predicted octanol–water partition coefficient (Wildman–Crippen LogP) is 2.53. The number of hydrogen-bond acceptors (Lipinski definition) is 5. The van der Waals surface area contributed by atoms with Gasteiger partial charge in [-0.05, 0) is 30.3 Å². The summed E-state index contributed by atoms with van der Waals surface area (Å²) in [7, 11) is 1.79. The van der Waals surface area contributed by atoms with Crippen LogP contribution in [-0.2, 0) is 0 Å². The summed E-state index contributed by atoms with van der Waals surface area (Å²) >= 11 is 0. The van der Waals surface area contributed by atoms with Crippen molar-refractivity contribution in [2.45, 2.75) is 0 Å². The number of nitrogens with one attached hydrogen (secondary N) is 1.